The van der Waals surface area contributed by atoms with E-state index in [9.17, 15) is 13.2 Å². The van der Waals surface area contributed by atoms with Crippen molar-refractivity contribution in [1.82, 2.24) is 0 Å². The van der Waals surface area contributed by atoms with Gasteiger partial charge in [-0.15, -0.1) is 0 Å². The lowest BCUT2D eigenvalue weighted by molar-refractivity contribution is -0.189. The Balaban J connectivity index is 2.55. The van der Waals surface area contributed by atoms with E-state index in [1.807, 2.05) is 13.8 Å². The second kappa shape index (κ2) is 3.27. The molecule has 0 aliphatic heterocycles. The lowest BCUT2D eigenvalue weighted by atomic mass is 9.76. The van der Waals surface area contributed by atoms with Crippen molar-refractivity contribution in [3.63, 3.8) is 0 Å². The molecule has 0 saturated heterocycles. The molecule has 12 heavy (non-hydrogen) atoms. The molecule has 3 atom stereocenters. The molecule has 1 aliphatic rings. The van der Waals surface area contributed by atoms with Gasteiger partial charge >= 0.3 is 6.18 Å². The van der Waals surface area contributed by atoms with Crippen LogP contribution in [-0.2, 0) is 0 Å². The number of hydrogen-bond donors (Lipinski definition) is 0. The molecule has 0 spiro atoms. The quantitative estimate of drug-likeness (QED) is 0.534. The standard InChI is InChI=1S/C9H15F3/c1-6-3-7(2)5-8(4-6)9(10,11)12/h6-8H,3-5H2,1-2H3/t6-,7?,8?/m1/s1. The molecule has 0 bridgehead atoms. The van der Waals surface area contributed by atoms with E-state index in [0.29, 0.717) is 12.8 Å². The molecule has 0 amide bonds. The Morgan fingerprint density at radius 3 is 1.67 bits per heavy atom. The van der Waals surface area contributed by atoms with Gasteiger partial charge in [-0.05, 0) is 31.1 Å². The van der Waals surface area contributed by atoms with Crippen molar-refractivity contribution in [3.8, 4) is 0 Å². The zero-order valence-corrected chi connectivity index (χ0v) is 7.49. The second-order valence-electron chi connectivity index (χ2n) is 4.16. The summed E-state index contributed by atoms with van der Waals surface area (Å²) in [6.45, 7) is 3.82. The summed E-state index contributed by atoms with van der Waals surface area (Å²) in [4.78, 5) is 0. The fraction of sp³-hybridized carbons (Fsp3) is 1.00. The summed E-state index contributed by atoms with van der Waals surface area (Å²) in [5.74, 6) is -0.572. The number of hydrogen-bond acceptors (Lipinski definition) is 0. The second-order valence-corrected chi connectivity index (χ2v) is 4.16. The molecular formula is C9H15F3. The van der Waals surface area contributed by atoms with Gasteiger partial charge < -0.3 is 0 Å². The van der Waals surface area contributed by atoms with Crippen LogP contribution in [0.2, 0.25) is 0 Å². The van der Waals surface area contributed by atoms with Crippen molar-refractivity contribution in [3.05, 3.63) is 0 Å². The van der Waals surface area contributed by atoms with Gasteiger partial charge in [0.2, 0.25) is 0 Å². The van der Waals surface area contributed by atoms with Crippen molar-refractivity contribution >= 4 is 0 Å². The highest BCUT2D eigenvalue weighted by atomic mass is 19.4. The molecule has 0 aromatic heterocycles. The maximum atomic E-state index is 12.3. The van der Waals surface area contributed by atoms with E-state index in [-0.39, 0.29) is 11.8 Å². The summed E-state index contributed by atoms with van der Waals surface area (Å²) in [5.41, 5.74) is 0. The van der Waals surface area contributed by atoms with Gasteiger partial charge in [0.05, 0.1) is 5.92 Å². The van der Waals surface area contributed by atoms with E-state index < -0.39 is 12.1 Å². The van der Waals surface area contributed by atoms with Crippen LogP contribution >= 0.6 is 0 Å². The average molecular weight is 180 g/mol. The van der Waals surface area contributed by atoms with Crippen LogP contribution in [0.25, 0.3) is 0 Å². The first-order chi connectivity index (χ1) is 5.39. The van der Waals surface area contributed by atoms with Gasteiger partial charge in [-0.1, -0.05) is 13.8 Å². The topological polar surface area (TPSA) is 0 Å². The third-order valence-electron chi connectivity index (χ3n) is 2.64. The highest BCUT2D eigenvalue weighted by molar-refractivity contribution is 4.79. The lowest BCUT2D eigenvalue weighted by Crippen LogP contribution is -2.31. The van der Waals surface area contributed by atoms with Gasteiger partial charge in [0.15, 0.2) is 0 Å². The Bertz CT molecular complexity index is 140. The number of halogens is 3. The zero-order valence-electron chi connectivity index (χ0n) is 7.49. The van der Waals surface area contributed by atoms with Gasteiger partial charge in [-0.3, -0.25) is 0 Å². The lowest BCUT2D eigenvalue weighted by Gasteiger charge is -2.32. The molecule has 0 radical (unpaired) electrons. The van der Waals surface area contributed by atoms with Crippen molar-refractivity contribution in [2.24, 2.45) is 17.8 Å². The number of rotatable bonds is 0. The molecule has 1 rings (SSSR count). The smallest absolute Gasteiger partial charge is 0.171 e. The Morgan fingerprint density at radius 1 is 0.917 bits per heavy atom. The molecule has 0 aromatic carbocycles. The maximum Gasteiger partial charge on any atom is 0.391 e. The van der Waals surface area contributed by atoms with Crippen LogP contribution < -0.4 is 0 Å². The Hall–Kier alpha value is -0.210. The maximum absolute atomic E-state index is 12.3. The first kappa shape index (κ1) is 9.87. The van der Waals surface area contributed by atoms with Gasteiger partial charge in [-0.25, -0.2) is 0 Å². The van der Waals surface area contributed by atoms with Crippen LogP contribution in [-0.4, -0.2) is 6.18 Å². The van der Waals surface area contributed by atoms with Gasteiger partial charge in [0, 0.05) is 0 Å². The van der Waals surface area contributed by atoms with Gasteiger partial charge in [-0.2, -0.15) is 13.2 Å². The predicted octanol–water partition coefficient (Wildman–Crippen LogP) is 3.62. The summed E-state index contributed by atoms with van der Waals surface area (Å²) in [6, 6.07) is 0. The summed E-state index contributed by atoms with van der Waals surface area (Å²) >= 11 is 0. The Morgan fingerprint density at radius 2 is 1.33 bits per heavy atom. The van der Waals surface area contributed by atoms with E-state index in [2.05, 4.69) is 0 Å². The van der Waals surface area contributed by atoms with E-state index in [4.69, 9.17) is 0 Å². The minimum absolute atomic E-state index is 0.236. The summed E-state index contributed by atoms with van der Waals surface area (Å²) in [6.07, 6.45) is -2.36. The minimum Gasteiger partial charge on any atom is -0.171 e. The van der Waals surface area contributed by atoms with Crippen LogP contribution in [0.4, 0.5) is 13.2 Å². The minimum atomic E-state index is -3.97. The van der Waals surface area contributed by atoms with Crippen molar-refractivity contribution in [1.29, 1.82) is 0 Å². The Kier molecular flexibility index (Phi) is 2.69. The largest absolute Gasteiger partial charge is 0.391 e. The number of alkyl halides is 3. The van der Waals surface area contributed by atoms with Crippen molar-refractivity contribution < 1.29 is 13.2 Å². The summed E-state index contributed by atoms with van der Waals surface area (Å²) in [7, 11) is 0. The molecule has 0 heterocycles. The highest BCUT2D eigenvalue weighted by Crippen LogP contribution is 2.41. The molecule has 0 nitrogen and oxygen atoms in total. The molecule has 0 N–H and O–H groups in total. The van der Waals surface area contributed by atoms with Crippen LogP contribution in [0.3, 0.4) is 0 Å². The van der Waals surface area contributed by atoms with Crippen LogP contribution in [0.15, 0.2) is 0 Å². The summed E-state index contributed by atoms with van der Waals surface area (Å²) < 4.78 is 36.9. The van der Waals surface area contributed by atoms with Gasteiger partial charge in [0.25, 0.3) is 0 Å². The first-order valence-corrected chi connectivity index (χ1v) is 4.46. The monoisotopic (exact) mass is 180 g/mol. The highest BCUT2D eigenvalue weighted by Gasteiger charge is 2.42. The summed E-state index contributed by atoms with van der Waals surface area (Å²) in [5, 5.41) is 0. The van der Waals surface area contributed by atoms with Crippen LogP contribution in [0.5, 0.6) is 0 Å². The molecule has 1 saturated carbocycles. The normalized spacial score (nSPS) is 38.2. The predicted molar refractivity (Wildman–Crippen MR) is 41.7 cm³/mol. The van der Waals surface area contributed by atoms with E-state index in [0.717, 1.165) is 6.42 Å². The van der Waals surface area contributed by atoms with Crippen LogP contribution in [0, 0.1) is 17.8 Å². The molecule has 1 aliphatic carbocycles. The molecule has 0 aromatic rings. The van der Waals surface area contributed by atoms with Crippen molar-refractivity contribution in [2.45, 2.75) is 39.3 Å². The fourth-order valence-corrected chi connectivity index (χ4v) is 2.21. The third-order valence-corrected chi connectivity index (χ3v) is 2.64. The van der Waals surface area contributed by atoms with E-state index in [1.165, 1.54) is 0 Å². The first-order valence-electron chi connectivity index (χ1n) is 4.46. The molecular weight excluding hydrogens is 165 g/mol. The van der Waals surface area contributed by atoms with Crippen molar-refractivity contribution in [2.75, 3.05) is 0 Å². The molecule has 1 fully saturated rings. The average Bonchev–Trinajstić information content (AvgIpc) is 1.82. The van der Waals surface area contributed by atoms with E-state index in [1.54, 1.807) is 0 Å². The van der Waals surface area contributed by atoms with E-state index >= 15 is 0 Å². The third kappa shape index (κ3) is 2.39. The Labute approximate surface area is 71.1 Å². The van der Waals surface area contributed by atoms with Crippen LogP contribution in [0.1, 0.15) is 33.1 Å². The zero-order chi connectivity index (χ0) is 9.35. The SMILES string of the molecule is CC1CC(C(F)(F)F)C[C@H](C)C1. The van der Waals surface area contributed by atoms with Gasteiger partial charge in [0.1, 0.15) is 0 Å². The molecule has 3 heteroatoms. The molecule has 72 valence electrons. The molecule has 2 unspecified atom stereocenters. The fourth-order valence-electron chi connectivity index (χ4n) is 2.21.